The Morgan fingerprint density at radius 2 is 1.73 bits per heavy atom. The number of nitrogens with zero attached hydrogens (tertiary/aromatic N) is 3. The minimum absolute atomic E-state index is 0.243. The molecule has 1 saturated heterocycles. The van der Waals surface area contributed by atoms with E-state index in [1.165, 1.54) is 12.1 Å². The molecule has 0 aliphatic carbocycles. The van der Waals surface area contributed by atoms with E-state index in [9.17, 15) is 9.50 Å². The zero-order valence-electron chi connectivity index (χ0n) is 18.5. The number of methoxy groups -OCH3 is 1. The number of ether oxygens (including phenoxy) is 1. The number of benzene rings is 3. The van der Waals surface area contributed by atoms with Crippen LogP contribution in [-0.4, -0.2) is 46.1 Å². The van der Waals surface area contributed by atoms with Gasteiger partial charge < -0.3 is 9.84 Å². The third-order valence-electron chi connectivity index (χ3n) is 6.12. The van der Waals surface area contributed by atoms with Crippen LogP contribution in [0.25, 0.3) is 28.1 Å². The molecule has 0 saturated carbocycles. The number of hydrogen-bond acceptors (Lipinski definition) is 4. The molecule has 168 valence electrons. The maximum Gasteiger partial charge on any atom is 0.123 e. The fourth-order valence-corrected chi connectivity index (χ4v) is 4.41. The molecule has 1 aliphatic heterocycles. The zero-order chi connectivity index (χ0) is 22.8. The first-order chi connectivity index (χ1) is 16.1. The third kappa shape index (κ3) is 4.53. The molecule has 1 aromatic heterocycles. The van der Waals surface area contributed by atoms with Crippen molar-refractivity contribution >= 4 is 0 Å². The van der Waals surface area contributed by atoms with E-state index < -0.39 is 0 Å². The van der Waals surface area contributed by atoms with Crippen LogP contribution < -0.4 is 4.74 Å². The largest absolute Gasteiger partial charge is 0.497 e. The van der Waals surface area contributed by atoms with Gasteiger partial charge in [0.25, 0.3) is 0 Å². The average molecular weight is 444 g/mol. The fraction of sp³-hybridized carbons (Fsp3) is 0.222. The predicted molar refractivity (Wildman–Crippen MR) is 127 cm³/mol. The first-order valence-electron chi connectivity index (χ1n) is 11.1. The predicted octanol–water partition coefficient (Wildman–Crippen LogP) is 4.92. The van der Waals surface area contributed by atoms with E-state index in [0.29, 0.717) is 6.54 Å². The van der Waals surface area contributed by atoms with E-state index >= 15 is 0 Å². The van der Waals surface area contributed by atoms with Crippen LogP contribution in [0.1, 0.15) is 12.0 Å². The Bertz CT molecular complexity index is 1240. The lowest BCUT2D eigenvalue weighted by molar-refractivity contribution is 0.175. The monoisotopic (exact) mass is 443 g/mol. The van der Waals surface area contributed by atoms with Crippen LogP contribution >= 0.6 is 0 Å². The third-order valence-corrected chi connectivity index (χ3v) is 6.12. The Labute approximate surface area is 192 Å². The van der Waals surface area contributed by atoms with Gasteiger partial charge in [0.2, 0.25) is 0 Å². The van der Waals surface area contributed by atoms with Gasteiger partial charge in [-0.3, -0.25) is 4.90 Å². The minimum Gasteiger partial charge on any atom is -0.497 e. The zero-order valence-corrected chi connectivity index (χ0v) is 18.5. The molecule has 0 radical (unpaired) electrons. The summed E-state index contributed by atoms with van der Waals surface area (Å²) in [6.45, 7) is 2.27. The van der Waals surface area contributed by atoms with Crippen molar-refractivity contribution in [2.24, 2.45) is 0 Å². The molecule has 1 unspecified atom stereocenters. The number of aliphatic hydroxyl groups is 1. The van der Waals surface area contributed by atoms with Crippen molar-refractivity contribution in [3.05, 3.63) is 90.4 Å². The Morgan fingerprint density at radius 3 is 2.39 bits per heavy atom. The molecule has 3 aromatic carbocycles. The lowest BCUT2D eigenvalue weighted by Crippen LogP contribution is -2.21. The van der Waals surface area contributed by atoms with Crippen molar-refractivity contribution in [1.29, 1.82) is 0 Å². The normalized spacial score (nSPS) is 16.3. The van der Waals surface area contributed by atoms with E-state index in [2.05, 4.69) is 11.0 Å². The van der Waals surface area contributed by atoms with Gasteiger partial charge in [0.15, 0.2) is 0 Å². The van der Waals surface area contributed by atoms with E-state index in [1.807, 2.05) is 53.3 Å². The number of aliphatic hydroxyl groups excluding tert-OH is 1. The smallest absolute Gasteiger partial charge is 0.123 e. The number of β-amino-alcohol motifs (C(OH)–C–C–N with tert-alkyl or cyclic N) is 1. The summed E-state index contributed by atoms with van der Waals surface area (Å²) in [5.74, 6) is 0.544. The van der Waals surface area contributed by atoms with Gasteiger partial charge in [-0.2, -0.15) is 5.10 Å². The van der Waals surface area contributed by atoms with E-state index in [-0.39, 0.29) is 11.9 Å². The van der Waals surface area contributed by atoms with Crippen LogP contribution in [0, 0.1) is 5.82 Å². The highest BCUT2D eigenvalue weighted by atomic mass is 19.1. The van der Waals surface area contributed by atoms with Crippen molar-refractivity contribution in [3.8, 4) is 33.8 Å². The molecule has 5 rings (SSSR count). The first-order valence-corrected chi connectivity index (χ1v) is 11.1. The molecule has 1 atom stereocenters. The lowest BCUT2D eigenvalue weighted by Gasteiger charge is -2.17. The molecule has 1 aliphatic rings. The second kappa shape index (κ2) is 9.17. The van der Waals surface area contributed by atoms with Gasteiger partial charge in [0.05, 0.1) is 30.8 Å². The maximum atomic E-state index is 13.3. The highest BCUT2D eigenvalue weighted by molar-refractivity contribution is 5.69. The Kier molecular flexibility index (Phi) is 5.94. The van der Waals surface area contributed by atoms with E-state index in [1.54, 1.807) is 19.2 Å². The van der Waals surface area contributed by atoms with Crippen molar-refractivity contribution in [1.82, 2.24) is 14.7 Å². The molecule has 0 bridgehead atoms. The van der Waals surface area contributed by atoms with Crippen LogP contribution in [-0.2, 0) is 6.54 Å². The molecule has 0 spiro atoms. The molecular formula is C27H26FN3O2. The fourth-order valence-electron chi connectivity index (χ4n) is 4.41. The van der Waals surface area contributed by atoms with Gasteiger partial charge in [-0.15, -0.1) is 0 Å². The van der Waals surface area contributed by atoms with Gasteiger partial charge >= 0.3 is 0 Å². The summed E-state index contributed by atoms with van der Waals surface area (Å²) < 4.78 is 20.7. The second-order valence-corrected chi connectivity index (χ2v) is 8.39. The Morgan fingerprint density at radius 1 is 1.00 bits per heavy atom. The molecule has 0 amide bonds. The number of hydrogen-bond donors (Lipinski definition) is 1. The van der Waals surface area contributed by atoms with Crippen LogP contribution in [0.2, 0.25) is 0 Å². The summed E-state index contributed by atoms with van der Waals surface area (Å²) in [5, 5.41) is 14.7. The standard InChI is InChI=1S/C27H26FN3O2/c1-33-26-4-2-3-21(15-26)27-22(17-30-14-13-25(32)18-30)16-29-31(27)24-11-7-20(8-12-24)19-5-9-23(28)10-6-19/h2-12,15-16,25,32H,13-14,17-18H2,1H3. The molecule has 2 heterocycles. The summed E-state index contributed by atoms with van der Waals surface area (Å²) in [7, 11) is 1.66. The number of aromatic nitrogens is 2. The summed E-state index contributed by atoms with van der Waals surface area (Å²) in [6.07, 6.45) is 2.44. The summed E-state index contributed by atoms with van der Waals surface area (Å²) in [4.78, 5) is 2.26. The maximum absolute atomic E-state index is 13.3. The van der Waals surface area contributed by atoms with E-state index in [4.69, 9.17) is 9.84 Å². The molecule has 33 heavy (non-hydrogen) atoms. The van der Waals surface area contributed by atoms with Crippen LogP contribution in [0.15, 0.2) is 79.0 Å². The van der Waals surface area contributed by atoms with Crippen molar-refractivity contribution in [2.75, 3.05) is 20.2 Å². The van der Waals surface area contributed by atoms with E-state index in [0.717, 1.165) is 58.9 Å². The van der Waals surface area contributed by atoms with Crippen LogP contribution in [0.4, 0.5) is 4.39 Å². The van der Waals surface area contributed by atoms with Gasteiger partial charge in [0.1, 0.15) is 11.6 Å². The number of likely N-dealkylation sites (tertiary alicyclic amines) is 1. The molecule has 1 N–H and O–H groups in total. The highest BCUT2D eigenvalue weighted by Gasteiger charge is 2.23. The van der Waals surface area contributed by atoms with Gasteiger partial charge in [-0.25, -0.2) is 9.07 Å². The highest BCUT2D eigenvalue weighted by Crippen LogP contribution is 2.31. The Balaban J connectivity index is 1.53. The Hall–Kier alpha value is -3.48. The average Bonchev–Trinajstić information content (AvgIpc) is 3.46. The summed E-state index contributed by atoms with van der Waals surface area (Å²) >= 11 is 0. The van der Waals surface area contributed by atoms with Gasteiger partial charge in [-0.05, 0) is 53.9 Å². The molecule has 5 nitrogen and oxygen atoms in total. The first kappa shape index (κ1) is 21.4. The number of halogens is 1. The summed E-state index contributed by atoms with van der Waals surface area (Å²) in [5.41, 5.74) is 6.03. The van der Waals surface area contributed by atoms with Crippen molar-refractivity contribution in [2.45, 2.75) is 19.1 Å². The quantitative estimate of drug-likeness (QED) is 0.460. The van der Waals surface area contributed by atoms with Crippen molar-refractivity contribution < 1.29 is 14.2 Å². The van der Waals surface area contributed by atoms with Gasteiger partial charge in [0, 0.05) is 30.8 Å². The van der Waals surface area contributed by atoms with Gasteiger partial charge in [-0.1, -0.05) is 36.4 Å². The second-order valence-electron chi connectivity index (χ2n) is 8.39. The van der Waals surface area contributed by atoms with Crippen LogP contribution in [0.3, 0.4) is 0 Å². The summed E-state index contributed by atoms with van der Waals surface area (Å²) in [6, 6.07) is 22.6. The van der Waals surface area contributed by atoms with Crippen molar-refractivity contribution in [3.63, 3.8) is 0 Å². The molecule has 6 heteroatoms. The molecular weight excluding hydrogens is 417 g/mol. The van der Waals surface area contributed by atoms with Crippen LogP contribution in [0.5, 0.6) is 5.75 Å². The molecule has 1 fully saturated rings. The SMILES string of the molecule is COc1cccc(-c2c(CN3CCC(O)C3)cnn2-c2ccc(-c3ccc(F)cc3)cc2)c1. The minimum atomic E-state index is -0.265. The topological polar surface area (TPSA) is 50.5 Å². The number of rotatable bonds is 6. The molecule has 4 aromatic rings. The lowest BCUT2D eigenvalue weighted by atomic mass is 10.0.